The molecule has 1 saturated heterocycles. The van der Waals surface area contributed by atoms with Gasteiger partial charge in [0.25, 0.3) is 0 Å². The summed E-state index contributed by atoms with van der Waals surface area (Å²) in [5.74, 6) is -0.0652. The number of carbonyl (C=O) groups excluding carboxylic acids is 2. The van der Waals surface area contributed by atoms with Gasteiger partial charge in [0, 0.05) is 26.2 Å². The number of nitrogens with one attached hydrogen (secondary N) is 2. The molecular formula is C9H17N3O3. The third kappa shape index (κ3) is 4.16. The van der Waals surface area contributed by atoms with Gasteiger partial charge in [-0.15, -0.1) is 0 Å². The number of carbonyl (C=O) groups is 2. The highest BCUT2D eigenvalue weighted by atomic mass is 16.5. The van der Waals surface area contributed by atoms with Gasteiger partial charge >= 0.3 is 6.09 Å². The van der Waals surface area contributed by atoms with Crippen molar-refractivity contribution in [1.82, 2.24) is 15.5 Å². The van der Waals surface area contributed by atoms with Crippen LogP contribution in [0.15, 0.2) is 0 Å². The van der Waals surface area contributed by atoms with Crippen LogP contribution in [0.25, 0.3) is 0 Å². The maximum atomic E-state index is 11.5. The van der Waals surface area contributed by atoms with E-state index in [1.807, 2.05) is 0 Å². The number of ether oxygens (including phenoxy) is 1. The zero-order valence-electron chi connectivity index (χ0n) is 8.91. The Morgan fingerprint density at radius 1 is 1.40 bits per heavy atom. The molecule has 0 spiro atoms. The van der Waals surface area contributed by atoms with E-state index in [-0.39, 0.29) is 12.5 Å². The Balaban J connectivity index is 2.19. The van der Waals surface area contributed by atoms with E-state index in [1.54, 1.807) is 11.8 Å². The van der Waals surface area contributed by atoms with Crippen molar-refractivity contribution in [1.29, 1.82) is 0 Å². The summed E-state index contributed by atoms with van der Waals surface area (Å²) >= 11 is 0. The van der Waals surface area contributed by atoms with E-state index in [1.165, 1.54) is 0 Å². The molecule has 6 heteroatoms. The van der Waals surface area contributed by atoms with Crippen molar-refractivity contribution >= 4 is 12.0 Å². The lowest BCUT2D eigenvalue weighted by Crippen LogP contribution is -2.49. The van der Waals surface area contributed by atoms with Gasteiger partial charge in [-0.25, -0.2) is 4.79 Å². The highest BCUT2D eigenvalue weighted by Gasteiger charge is 2.16. The van der Waals surface area contributed by atoms with Gasteiger partial charge in [-0.1, -0.05) is 0 Å². The SMILES string of the molecule is CCOC(=O)NCC(=O)N1CCNCC1. The quantitative estimate of drug-likeness (QED) is 0.644. The predicted molar refractivity (Wildman–Crippen MR) is 54.5 cm³/mol. The van der Waals surface area contributed by atoms with Crippen LogP contribution in [-0.2, 0) is 9.53 Å². The molecule has 0 atom stereocenters. The first-order valence-corrected chi connectivity index (χ1v) is 5.13. The van der Waals surface area contributed by atoms with E-state index < -0.39 is 6.09 Å². The smallest absolute Gasteiger partial charge is 0.407 e. The van der Waals surface area contributed by atoms with Crippen molar-refractivity contribution in [2.24, 2.45) is 0 Å². The van der Waals surface area contributed by atoms with Gasteiger partial charge in [0.05, 0.1) is 6.61 Å². The highest BCUT2D eigenvalue weighted by Crippen LogP contribution is 1.92. The van der Waals surface area contributed by atoms with Gasteiger partial charge in [0.1, 0.15) is 6.54 Å². The summed E-state index contributed by atoms with van der Waals surface area (Å²) in [6, 6.07) is 0. The van der Waals surface area contributed by atoms with E-state index in [9.17, 15) is 9.59 Å². The van der Waals surface area contributed by atoms with Gasteiger partial charge < -0.3 is 20.3 Å². The number of amides is 2. The maximum Gasteiger partial charge on any atom is 0.407 e. The van der Waals surface area contributed by atoms with Gasteiger partial charge in [0.15, 0.2) is 0 Å². The van der Waals surface area contributed by atoms with Crippen LogP contribution in [0.1, 0.15) is 6.92 Å². The summed E-state index contributed by atoms with van der Waals surface area (Å²) in [5.41, 5.74) is 0. The second-order valence-electron chi connectivity index (χ2n) is 3.20. The number of piperazine rings is 1. The zero-order valence-corrected chi connectivity index (χ0v) is 8.91. The summed E-state index contributed by atoms with van der Waals surface area (Å²) < 4.78 is 4.65. The Hall–Kier alpha value is -1.30. The average Bonchev–Trinajstić information content (AvgIpc) is 2.27. The monoisotopic (exact) mass is 215 g/mol. The number of nitrogens with zero attached hydrogens (tertiary/aromatic N) is 1. The second-order valence-corrected chi connectivity index (χ2v) is 3.20. The fourth-order valence-corrected chi connectivity index (χ4v) is 1.36. The van der Waals surface area contributed by atoms with E-state index in [0.717, 1.165) is 13.1 Å². The number of rotatable bonds is 3. The molecule has 1 rings (SSSR count). The molecule has 0 unspecified atom stereocenters. The van der Waals surface area contributed by atoms with Crippen LogP contribution in [0.4, 0.5) is 4.79 Å². The highest BCUT2D eigenvalue weighted by molar-refractivity contribution is 5.82. The molecule has 0 aromatic rings. The van der Waals surface area contributed by atoms with Gasteiger partial charge in [-0.05, 0) is 6.92 Å². The van der Waals surface area contributed by atoms with Gasteiger partial charge in [-0.2, -0.15) is 0 Å². The molecule has 86 valence electrons. The molecule has 0 aromatic heterocycles. The van der Waals surface area contributed by atoms with E-state index in [2.05, 4.69) is 15.4 Å². The van der Waals surface area contributed by atoms with Crippen molar-refractivity contribution in [2.45, 2.75) is 6.92 Å². The van der Waals surface area contributed by atoms with Crippen LogP contribution >= 0.6 is 0 Å². The third-order valence-electron chi connectivity index (χ3n) is 2.13. The minimum Gasteiger partial charge on any atom is -0.450 e. The maximum absolute atomic E-state index is 11.5. The van der Waals surface area contributed by atoms with E-state index >= 15 is 0 Å². The fraction of sp³-hybridized carbons (Fsp3) is 0.778. The van der Waals surface area contributed by atoms with Crippen molar-refractivity contribution < 1.29 is 14.3 Å². The van der Waals surface area contributed by atoms with Crippen LogP contribution < -0.4 is 10.6 Å². The van der Waals surface area contributed by atoms with Crippen LogP contribution in [0.5, 0.6) is 0 Å². The average molecular weight is 215 g/mol. The number of hydrogen-bond acceptors (Lipinski definition) is 4. The number of hydrogen-bond donors (Lipinski definition) is 2. The molecule has 0 saturated carbocycles. The minimum atomic E-state index is -0.541. The van der Waals surface area contributed by atoms with Crippen molar-refractivity contribution in [3.8, 4) is 0 Å². The zero-order chi connectivity index (χ0) is 11.1. The van der Waals surface area contributed by atoms with E-state index in [4.69, 9.17) is 0 Å². The summed E-state index contributed by atoms with van der Waals surface area (Å²) in [4.78, 5) is 24.2. The van der Waals surface area contributed by atoms with Crippen LogP contribution in [0.3, 0.4) is 0 Å². The molecule has 1 aliphatic heterocycles. The Kier molecular flexibility index (Phi) is 4.89. The molecule has 2 amide bonds. The molecule has 6 nitrogen and oxygen atoms in total. The Bertz CT molecular complexity index is 227. The molecule has 0 aromatic carbocycles. The van der Waals surface area contributed by atoms with Gasteiger partial charge in [-0.3, -0.25) is 4.79 Å². The first-order valence-electron chi connectivity index (χ1n) is 5.13. The lowest BCUT2D eigenvalue weighted by Gasteiger charge is -2.27. The molecule has 1 aliphatic rings. The largest absolute Gasteiger partial charge is 0.450 e. The molecular weight excluding hydrogens is 198 g/mol. The normalized spacial score (nSPS) is 15.9. The third-order valence-corrected chi connectivity index (χ3v) is 2.13. The Morgan fingerprint density at radius 2 is 2.07 bits per heavy atom. The van der Waals surface area contributed by atoms with Crippen molar-refractivity contribution in [3.63, 3.8) is 0 Å². The summed E-state index contributed by atoms with van der Waals surface area (Å²) in [7, 11) is 0. The molecule has 2 N–H and O–H groups in total. The minimum absolute atomic E-state index is 0.0127. The molecule has 1 heterocycles. The molecule has 0 bridgehead atoms. The standard InChI is InChI=1S/C9H17N3O3/c1-2-15-9(14)11-7-8(13)12-5-3-10-4-6-12/h10H,2-7H2,1H3,(H,11,14). The molecule has 15 heavy (non-hydrogen) atoms. The summed E-state index contributed by atoms with van der Waals surface area (Å²) in [6.45, 7) is 5.06. The first-order chi connectivity index (χ1) is 7.24. The van der Waals surface area contributed by atoms with Crippen molar-refractivity contribution in [2.75, 3.05) is 39.3 Å². The Morgan fingerprint density at radius 3 is 2.67 bits per heavy atom. The van der Waals surface area contributed by atoms with Gasteiger partial charge in [0.2, 0.25) is 5.91 Å². The lowest BCUT2D eigenvalue weighted by atomic mass is 10.3. The van der Waals surface area contributed by atoms with Crippen LogP contribution in [-0.4, -0.2) is 56.2 Å². The first kappa shape index (κ1) is 11.8. The molecule has 0 aliphatic carbocycles. The number of alkyl carbamates (subject to hydrolysis) is 1. The molecule has 1 fully saturated rings. The summed E-state index contributed by atoms with van der Waals surface area (Å²) in [5, 5.41) is 5.56. The van der Waals surface area contributed by atoms with Crippen LogP contribution in [0, 0.1) is 0 Å². The second kappa shape index (κ2) is 6.23. The fourth-order valence-electron chi connectivity index (χ4n) is 1.36. The predicted octanol–water partition coefficient (Wildman–Crippen LogP) is -0.836. The van der Waals surface area contributed by atoms with E-state index in [0.29, 0.717) is 19.7 Å². The summed E-state index contributed by atoms with van der Waals surface area (Å²) in [6.07, 6.45) is -0.541. The topological polar surface area (TPSA) is 70.7 Å². The van der Waals surface area contributed by atoms with Crippen LogP contribution in [0.2, 0.25) is 0 Å². The lowest BCUT2D eigenvalue weighted by molar-refractivity contribution is -0.130. The molecule has 0 radical (unpaired) electrons. The Labute approximate surface area is 88.9 Å². The van der Waals surface area contributed by atoms with Crippen molar-refractivity contribution in [3.05, 3.63) is 0 Å².